The minimum Gasteiger partial charge on any atom is -0.351 e. The molecule has 3 heterocycles. The number of unbranched alkanes of at least 4 members (excludes halogenated alkanes) is 1. The molecule has 7 nitrogen and oxygen atoms in total. The molecular formula is C23H34N4O3. The smallest absolute Gasteiger partial charge is 0.345 e. The van der Waals surface area contributed by atoms with Crippen LogP contribution < -0.4 is 5.32 Å². The van der Waals surface area contributed by atoms with Crippen molar-refractivity contribution in [3.05, 3.63) is 35.9 Å². The Morgan fingerprint density at radius 3 is 2.63 bits per heavy atom. The molecule has 2 bridgehead atoms. The van der Waals surface area contributed by atoms with Crippen LogP contribution in [0.5, 0.6) is 0 Å². The third-order valence-corrected chi connectivity index (χ3v) is 6.60. The van der Waals surface area contributed by atoms with Crippen LogP contribution in [0.25, 0.3) is 0 Å². The molecule has 2 atom stereocenters. The van der Waals surface area contributed by atoms with E-state index in [1.807, 2.05) is 30.3 Å². The quantitative estimate of drug-likeness (QED) is 0.710. The second kappa shape index (κ2) is 9.79. The average Bonchev–Trinajstić information content (AvgIpc) is 3.02. The number of amides is 3. The summed E-state index contributed by atoms with van der Waals surface area (Å²) in [5, 5.41) is 4.72. The van der Waals surface area contributed by atoms with E-state index < -0.39 is 0 Å². The van der Waals surface area contributed by atoms with Crippen molar-refractivity contribution in [1.29, 1.82) is 0 Å². The minimum absolute atomic E-state index is 0.00119. The van der Waals surface area contributed by atoms with Crippen LogP contribution in [-0.4, -0.2) is 71.1 Å². The molecule has 0 unspecified atom stereocenters. The van der Waals surface area contributed by atoms with E-state index in [1.54, 1.807) is 4.90 Å². The molecule has 1 aromatic rings. The Bertz CT molecular complexity index is 720. The van der Waals surface area contributed by atoms with Gasteiger partial charge in [-0.15, -0.1) is 0 Å². The van der Waals surface area contributed by atoms with Crippen molar-refractivity contribution >= 4 is 11.9 Å². The zero-order valence-electron chi connectivity index (χ0n) is 18.0. The monoisotopic (exact) mass is 414 g/mol. The van der Waals surface area contributed by atoms with Crippen LogP contribution in [0, 0.1) is 0 Å². The number of nitrogens with one attached hydrogen (secondary N) is 1. The number of carbonyl (C=O) groups is 2. The number of likely N-dealkylation sites (tertiary alicyclic amines) is 1. The molecular weight excluding hydrogens is 380 g/mol. The fourth-order valence-corrected chi connectivity index (χ4v) is 4.77. The molecule has 1 N–H and O–H groups in total. The van der Waals surface area contributed by atoms with Crippen LogP contribution in [0.3, 0.4) is 0 Å². The minimum atomic E-state index is -0.378. The summed E-state index contributed by atoms with van der Waals surface area (Å²) in [6, 6.07) is 9.54. The zero-order valence-corrected chi connectivity index (χ0v) is 18.0. The second-order valence-electron chi connectivity index (χ2n) is 8.74. The van der Waals surface area contributed by atoms with Crippen molar-refractivity contribution in [3.8, 4) is 0 Å². The van der Waals surface area contributed by atoms with Crippen molar-refractivity contribution in [1.82, 2.24) is 20.2 Å². The van der Waals surface area contributed by atoms with Gasteiger partial charge < -0.3 is 15.1 Å². The van der Waals surface area contributed by atoms with Gasteiger partial charge in [-0.3, -0.25) is 9.63 Å². The molecule has 0 saturated carbocycles. The van der Waals surface area contributed by atoms with Crippen LogP contribution >= 0.6 is 0 Å². The molecule has 1 aromatic carbocycles. The number of hydrogen-bond donors (Lipinski definition) is 1. The van der Waals surface area contributed by atoms with Gasteiger partial charge in [-0.05, 0) is 44.2 Å². The predicted molar refractivity (Wildman–Crippen MR) is 114 cm³/mol. The van der Waals surface area contributed by atoms with Crippen molar-refractivity contribution in [2.45, 2.75) is 70.2 Å². The summed E-state index contributed by atoms with van der Waals surface area (Å²) < 4.78 is 0. The number of benzene rings is 1. The molecule has 0 spiro atoms. The zero-order chi connectivity index (χ0) is 20.9. The number of hydrogen-bond acceptors (Lipinski definition) is 4. The Labute approximate surface area is 179 Å². The van der Waals surface area contributed by atoms with Crippen LogP contribution in [0.1, 0.15) is 51.0 Å². The van der Waals surface area contributed by atoms with E-state index in [2.05, 4.69) is 17.1 Å². The molecule has 164 valence electrons. The second-order valence-corrected chi connectivity index (χ2v) is 8.74. The first kappa shape index (κ1) is 21.1. The maximum absolute atomic E-state index is 13.0. The summed E-state index contributed by atoms with van der Waals surface area (Å²) in [5.41, 5.74) is 1.03. The van der Waals surface area contributed by atoms with Gasteiger partial charge in [0.05, 0.1) is 6.04 Å². The normalized spacial score (nSPS) is 25.0. The number of urea groups is 1. The molecule has 3 aliphatic heterocycles. The van der Waals surface area contributed by atoms with Crippen LogP contribution in [-0.2, 0) is 16.2 Å². The van der Waals surface area contributed by atoms with Gasteiger partial charge in [0.1, 0.15) is 12.6 Å². The molecule has 4 rings (SSSR count). The first-order valence-corrected chi connectivity index (χ1v) is 11.4. The molecule has 3 saturated heterocycles. The van der Waals surface area contributed by atoms with Gasteiger partial charge in [-0.1, -0.05) is 43.7 Å². The summed E-state index contributed by atoms with van der Waals surface area (Å²) in [6.07, 6.45) is 5.93. The van der Waals surface area contributed by atoms with Crippen molar-refractivity contribution in [2.75, 3.05) is 26.2 Å². The van der Waals surface area contributed by atoms with Gasteiger partial charge in [0.15, 0.2) is 0 Å². The Hall–Kier alpha value is -2.12. The Kier molecular flexibility index (Phi) is 6.89. The maximum Gasteiger partial charge on any atom is 0.345 e. The molecule has 0 aromatic heterocycles. The van der Waals surface area contributed by atoms with Gasteiger partial charge in [-0.25, -0.2) is 4.79 Å². The highest BCUT2D eigenvalue weighted by atomic mass is 16.7. The van der Waals surface area contributed by atoms with Crippen LogP contribution in [0.15, 0.2) is 30.3 Å². The fraction of sp³-hybridized carbons (Fsp3) is 0.652. The van der Waals surface area contributed by atoms with Gasteiger partial charge in [0, 0.05) is 25.7 Å². The topological polar surface area (TPSA) is 65.1 Å². The van der Waals surface area contributed by atoms with E-state index in [-0.39, 0.29) is 30.1 Å². The summed E-state index contributed by atoms with van der Waals surface area (Å²) in [4.78, 5) is 35.9. The number of fused-ring (bicyclic) bond motifs is 2. The number of nitrogens with zero attached hydrogens (tertiary/aromatic N) is 3. The van der Waals surface area contributed by atoms with E-state index in [1.165, 1.54) is 17.9 Å². The van der Waals surface area contributed by atoms with Crippen molar-refractivity contribution in [3.63, 3.8) is 0 Å². The molecule has 3 fully saturated rings. The highest BCUT2D eigenvalue weighted by molar-refractivity contribution is 5.88. The molecule has 7 heteroatoms. The van der Waals surface area contributed by atoms with E-state index >= 15 is 0 Å². The van der Waals surface area contributed by atoms with Crippen molar-refractivity contribution < 1.29 is 14.4 Å². The Morgan fingerprint density at radius 1 is 1.13 bits per heavy atom. The average molecular weight is 415 g/mol. The Balaban J connectivity index is 1.27. The first-order chi connectivity index (χ1) is 14.7. The summed E-state index contributed by atoms with van der Waals surface area (Å²) in [7, 11) is 0. The van der Waals surface area contributed by atoms with Gasteiger partial charge in [-0.2, -0.15) is 5.06 Å². The number of piperidine rings is 2. The van der Waals surface area contributed by atoms with Gasteiger partial charge in [0.2, 0.25) is 5.91 Å². The molecule has 3 aliphatic rings. The predicted octanol–water partition coefficient (Wildman–Crippen LogP) is 2.77. The summed E-state index contributed by atoms with van der Waals surface area (Å²) in [6.45, 7) is 6.39. The van der Waals surface area contributed by atoms with E-state index in [9.17, 15) is 9.59 Å². The third-order valence-electron chi connectivity index (χ3n) is 6.60. The molecule has 0 radical (unpaired) electrons. The van der Waals surface area contributed by atoms with E-state index in [0.29, 0.717) is 19.6 Å². The standard InChI is InChI=1S/C23H34N4O3/c1-2-3-13-25-14-11-19(12-15-25)24-22(28)21-10-9-20-16-26(21)23(29)27(20)30-17-18-7-5-4-6-8-18/h4-8,19-21H,2-3,9-17H2,1H3,(H,24,28)/t20-,21+/m1/s1. The van der Waals surface area contributed by atoms with Crippen molar-refractivity contribution in [2.24, 2.45) is 0 Å². The highest BCUT2D eigenvalue weighted by Gasteiger charge is 2.48. The third kappa shape index (κ3) is 4.78. The highest BCUT2D eigenvalue weighted by Crippen LogP contribution is 2.30. The lowest BCUT2D eigenvalue weighted by Crippen LogP contribution is -2.53. The van der Waals surface area contributed by atoms with Gasteiger partial charge >= 0.3 is 6.03 Å². The lowest BCUT2D eigenvalue weighted by atomic mass is 9.98. The molecule has 3 amide bonds. The number of hydroxylamine groups is 2. The van der Waals surface area contributed by atoms with Crippen LogP contribution in [0.4, 0.5) is 4.79 Å². The molecule has 30 heavy (non-hydrogen) atoms. The summed E-state index contributed by atoms with van der Waals surface area (Å²) in [5.74, 6) is -0.00119. The Morgan fingerprint density at radius 2 is 1.90 bits per heavy atom. The molecule has 0 aliphatic carbocycles. The van der Waals surface area contributed by atoms with Gasteiger partial charge in [0.25, 0.3) is 0 Å². The first-order valence-electron chi connectivity index (χ1n) is 11.4. The van der Waals surface area contributed by atoms with E-state index in [4.69, 9.17) is 4.84 Å². The lowest BCUT2D eigenvalue weighted by Gasteiger charge is -2.35. The number of carbonyl (C=O) groups excluding carboxylic acids is 2. The van der Waals surface area contributed by atoms with E-state index in [0.717, 1.165) is 44.5 Å². The largest absolute Gasteiger partial charge is 0.351 e. The lowest BCUT2D eigenvalue weighted by molar-refractivity contribution is -0.140. The van der Waals surface area contributed by atoms with Crippen LogP contribution in [0.2, 0.25) is 0 Å². The SMILES string of the molecule is CCCCN1CCC(NC(=O)[C@@H]2CC[C@@H]3CN2C(=O)N3OCc2ccccc2)CC1. The maximum atomic E-state index is 13.0. The number of rotatable bonds is 8. The fourth-order valence-electron chi connectivity index (χ4n) is 4.77. The summed E-state index contributed by atoms with van der Waals surface area (Å²) >= 11 is 0.